The zero-order valence-electron chi connectivity index (χ0n) is 17.4. The maximum atomic E-state index is 12.1. The second-order valence-corrected chi connectivity index (χ2v) is 6.91. The topological polar surface area (TPSA) is 112 Å². The number of nitrogens with zero attached hydrogens (tertiary/aromatic N) is 4. The highest BCUT2D eigenvalue weighted by Gasteiger charge is 2.11. The smallest absolute Gasteiger partial charge is 0.277 e. The van der Waals surface area contributed by atoms with Gasteiger partial charge in [-0.25, -0.2) is 10.1 Å². The lowest BCUT2D eigenvalue weighted by molar-refractivity contribution is -0.384. The average Bonchev–Trinajstić information content (AvgIpc) is 3.28. The first-order chi connectivity index (χ1) is 16.1. The van der Waals surface area contributed by atoms with E-state index in [2.05, 4.69) is 15.6 Å². The van der Waals surface area contributed by atoms with Gasteiger partial charge < -0.3 is 4.74 Å². The number of benzene rings is 3. The molecule has 33 heavy (non-hydrogen) atoms. The third kappa shape index (κ3) is 5.47. The molecule has 0 aliphatic rings. The van der Waals surface area contributed by atoms with Crippen LogP contribution in [0.2, 0.25) is 0 Å². The van der Waals surface area contributed by atoms with E-state index in [4.69, 9.17) is 4.74 Å². The Labute approximate surface area is 189 Å². The molecule has 1 N–H and O–H groups in total. The molecule has 9 heteroatoms. The van der Waals surface area contributed by atoms with E-state index in [1.165, 1.54) is 30.5 Å². The molecule has 0 saturated heterocycles. The van der Waals surface area contributed by atoms with Crippen LogP contribution in [0.1, 0.15) is 5.56 Å². The molecule has 0 aliphatic carbocycles. The van der Waals surface area contributed by atoms with Crippen LogP contribution >= 0.6 is 0 Å². The van der Waals surface area contributed by atoms with E-state index in [1.54, 1.807) is 4.68 Å². The molecule has 1 amide bonds. The van der Waals surface area contributed by atoms with Crippen LogP contribution < -0.4 is 10.2 Å². The molecular weight excluding hydrogens is 422 g/mol. The quantitative estimate of drug-likeness (QED) is 0.253. The second-order valence-electron chi connectivity index (χ2n) is 6.91. The normalized spacial score (nSPS) is 10.8. The zero-order valence-corrected chi connectivity index (χ0v) is 17.4. The lowest BCUT2D eigenvalue weighted by atomic mass is 10.1. The molecule has 4 aromatic rings. The van der Waals surface area contributed by atoms with Gasteiger partial charge in [0.15, 0.2) is 6.61 Å². The van der Waals surface area contributed by atoms with Crippen molar-refractivity contribution in [3.63, 3.8) is 0 Å². The number of nitrogens with one attached hydrogen (secondary N) is 1. The van der Waals surface area contributed by atoms with Gasteiger partial charge >= 0.3 is 0 Å². The molecular formula is C24H19N5O4. The molecule has 0 aliphatic heterocycles. The summed E-state index contributed by atoms with van der Waals surface area (Å²) in [7, 11) is 0. The number of para-hydroxylation sites is 1. The Kier molecular flexibility index (Phi) is 6.51. The molecule has 1 aromatic heterocycles. The lowest BCUT2D eigenvalue weighted by Crippen LogP contribution is -2.24. The third-order valence-corrected chi connectivity index (χ3v) is 4.62. The van der Waals surface area contributed by atoms with Crippen LogP contribution in [0.5, 0.6) is 5.75 Å². The monoisotopic (exact) mass is 441 g/mol. The highest BCUT2D eigenvalue weighted by atomic mass is 16.6. The number of carbonyl (C=O) groups is 1. The Morgan fingerprint density at radius 1 is 1.03 bits per heavy atom. The first kappa shape index (κ1) is 21.4. The Balaban J connectivity index is 1.44. The van der Waals surface area contributed by atoms with Gasteiger partial charge in [-0.3, -0.25) is 14.9 Å². The molecule has 9 nitrogen and oxygen atoms in total. The van der Waals surface area contributed by atoms with E-state index in [0.717, 1.165) is 22.5 Å². The minimum Gasteiger partial charge on any atom is -0.484 e. The number of non-ortho nitro benzene ring substituents is 1. The summed E-state index contributed by atoms with van der Waals surface area (Å²) in [4.78, 5) is 22.3. The van der Waals surface area contributed by atoms with Gasteiger partial charge in [0, 0.05) is 29.5 Å². The van der Waals surface area contributed by atoms with Gasteiger partial charge in [-0.1, -0.05) is 48.5 Å². The third-order valence-electron chi connectivity index (χ3n) is 4.62. The second kappa shape index (κ2) is 10.0. The summed E-state index contributed by atoms with van der Waals surface area (Å²) in [6, 6.07) is 24.8. The molecule has 4 rings (SSSR count). The van der Waals surface area contributed by atoms with E-state index in [0.29, 0.717) is 5.75 Å². The van der Waals surface area contributed by atoms with Crippen molar-refractivity contribution in [3.8, 4) is 22.7 Å². The number of nitro benzene ring substituents is 1. The van der Waals surface area contributed by atoms with Crippen molar-refractivity contribution in [1.29, 1.82) is 0 Å². The molecule has 0 atom stereocenters. The number of aromatic nitrogens is 2. The summed E-state index contributed by atoms with van der Waals surface area (Å²) in [6.07, 6.45) is 3.36. The van der Waals surface area contributed by atoms with Crippen molar-refractivity contribution in [3.05, 3.63) is 107 Å². The predicted molar refractivity (Wildman–Crippen MR) is 123 cm³/mol. The van der Waals surface area contributed by atoms with Crippen LogP contribution in [-0.4, -0.2) is 33.4 Å². The molecule has 0 saturated carbocycles. The number of ether oxygens (including phenoxy) is 1. The van der Waals surface area contributed by atoms with E-state index < -0.39 is 10.8 Å². The van der Waals surface area contributed by atoms with Gasteiger partial charge in [-0.15, -0.1) is 0 Å². The van der Waals surface area contributed by atoms with Crippen LogP contribution in [0.25, 0.3) is 16.9 Å². The first-order valence-corrected chi connectivity index (χ1v) is 10.00. The summed E-state index contributed by atoms with van der Waals surface area (Å²) >= 11 is 0. The Bertz CT molecular complexity index is 1270. The fourth-order valence-corrected chi connectivity index (χ4v) is 3.03. The minimum absolute atomic E-state index is 0.0540. The first-order valence-electron chi connectivity index (χ1n) is 10.00. The van der Waals surface area contributed by atoms with Crippen molar-refractivity contribution >= 4 is 17.8 Å². The highest BCUT2D eigenvalue weighted by Crippen LogP contribution is 2.22. The molecule has 0 bridgehead atoms. The molecule has 3 aromatic carbocycles. The number of hydrazone groups is 1. The van der Waals surface area contributed by atoms with Crippen molar-refractivity contribution < 1.29 is 14.5 Å². The Hall–Kier alpha value is -4.79. The van der Waals surface area contributed by atoms with E-state index in [1.807, 2.05) is 66.9 Å². The molecule has 1 heterocycles. The largest absolute Gasteiger partial charge is 0.484 e. The van der Waals surface area contributed by atoms with Gasteiger partial charge in [-0.2, -0.15) is 10.2 Å². The van der Waals surface area contributed by atoms with E-state index in [-0.39, 0.29) is 12.3 Å². The lowest BCUT2D eigenvalue weighted by Gasteiger charge is -2.04. The SMILES string of the molecule is O=C(COc1ccc([N+](=O)[O-])cc1)N/N=C\c1cn(-c2ccccc2)nc1-c1ccccc1. The molecule has 0 unspecified atom stereocenters. The zero-order chi connectivity index (χ0) is 23.0. The van der Waals surface area contributed by atoms with Crippen molar-refractivity contribution in [2.24, 2.45) is 5.10 Å². The number of nitro groups is 1. The summed E-state index contributed by atoms with van der Waals surface area (Å²) < 4.78 is 7.09. The Morgan fingerprint density at radius 3 is 2.36 bits per heavy atom. The number of hydrogen-bond acceptors (Lipinski definition) is 6. The molecule has 0 radical (unpaired) electrons. The maximum Gasteiger partial charge on any atom is 0.277 e. The number of rotatable bonds is 8. The molecule has 0 spiro atoms. The van der Waals surface area contributed by atoms with Crippen molar-refractivity contribution in [2.75, 3.05) is 6.61 Å². The molecule has 164 valence electrons. The van der Waals surface area contributed by atoms with Crippen molar-refractivity contribution in [1.82, 2.24) is 15.2 Å². The van der Waals surface area contributed by atoms with Gasteiger partial charge in [-0.05, 0) is 24.3 Å². The number of amides is 1. The fraction of sp³-hybridized carbons (Fsp3) is 0.0417. The van der Waals surface area contributed by atoms with Crippen LogP contribution in [-0.2, 0) is 4.79 Å². The van der Waals surface area contributed by atoms with Gasteiger partial charge in [0.2, 0.25) is 0 Å². The summed E-state index contributed by atoms with van der Waals surface area (Å²) in [5.41, 5.74) is 5.63. The van der Waals surface area contributed by atoms with Gasteiger partial charge in [0.1, 0.15) is 11.4 Å². The Morgan fingerprint density at radius 2 is 1.70 bits per heavy atom. The standard InChI is InChI=1S/C24H19N5O4/c30-23(17-33-22-13-11-21(12-14-22)29(31)32)26-25-15-19-16-28(20-9-5-2-6-10-20)27-24(19)18-7-3-1-4-8-18/h1-16H,17H2,(H,26,30)/b25-15-. The van der Waals surface area contributed by atoms with E-state index >= 15 is 0 Å². The van der Waals surface area contributed by atoms with Crippen LogP contribution in [0.3, 0.4) is 0 Å². The average molecular weight is 441 g/mol. The minimum atomic E-state index is -0.505. The van der Waals surface area contributed by atoms with Gasteiger partial charge in [0.25, 0.3) is 11.6 Å². The number of carbonyl (C=O) groups excluding carboxylic acids is 1. The van der Waals surface area contributed by atoms with Crippen LogP contribution in [0.15, 0.2) is 96.2 Å². The molecule has 0 fully saturated rings. The van der Waals surface area contributed by atoms with E-state index in [9.17, 15) is 14.9 Å². The highest BCUT2D eigenvalue weighted by molar-refractivity contribution is 5.89. The summed E-state index contributed by atoms with van der Waals surface area (Å²) in [5.74, 6) is -0.128. The fourth-order valence-electron chi connectivity index (χ4n) is 3.03. The summed E-state index contributed by atoms with van der Waals surface area (Å²) in [6.45, 7) is -0.288. The maximum absolute atomic E-state index is 12.1. The summed E-state index contributed by atoms with van der Waals surface area (Å²) in [5, 5.41) is 19.4. The number of hydrogen-bond donors (Lipinski definition) is 1. The van der Waals surface area contributed by atoms with Crippen LogP contribution in [0, 0.1) is 10.1 Å². The predicted octanol–water partition coefficient (Wildman–Crippen LogP) is 3.98. The van der Waals surface area contributed by atoms with Gasteiger partial charge in [0.05, 0.1) is 16.8 Å². The van der Waals surface area contributed by atoms with Crippen molar-refractivity contribution in [2.45, 2.75) is 0 Å². The van der Waals surface area contributed by atoms with Crippen LogP contribution in [0.4, 0.5) is 5.69 Å².